The van der Waals surface area contributed by atoms with Gasteiger partial charge < -0.3 is 19.3 Å². The summed E-state index contributed by atoms with van der Waals surface area (Å²) in [4.78, 5) is 33.9. The van der Waals surface area contributed by atoms with Gasteiger partial charge >= 0.3 is 0 Å². The number of ether oxygens (including phenoxy) is 1. The minimum atomic E-state index is 0.351. The highest BCUT2D eigenvalue weighted by atomic mass is 16.5. The van der Waals surface area contributed by atoms with Crippen LogP contribution in [0.4, 0.5) is 0 Å². The normalized spacial score (nSPS) is 13.4. The maximum atomic E-state index is 13.4. The van der Waals surface area contributed by atoms with Crippen LogP contribution in [-0.2, 0) is 14.3 Å². The van der Waals surface area contributed by atoms with Crippen LogP contribution in [0.1, 0.15) is 266 Å². The predicted octanol–water partition coefficient (Wildman–Crippen LogP) is 15.3. The number of unbranched alkanes of at least 4 members (excludes halogenated alkanes) is 29. The lowest BCUT2D eigenvalue weighted by molar-refractivity contribution is -0.134. The van der Waals surface area contributed by atoms with Crippen molar-refractivity contribution in [3.8, 4) is 0 Å². The van der Waals surface area contributed by atoms with Gasteiger partial charge in [-0.2, -0.15) is 0 Å². The summed E-state index contributed by atoms with van der Waals surface area (Å²) in [6.45, 7) is 23.2. The third-order valence-electron chi connectivity index (χ3n) is 13.9. The molecular formula is C57H116N4O3. The van der Waals surface area contributed by atoms with E-state index in [1.807, 2.05) is 0 Å². The first kappa shape index (κ1) is 63.0. The Morgan fingerprint density at radius 3 is 1.06 bits per heavy atom. The molecule has 7 nitrogen and oxygen atoms in total. The van der Waals surface area contributed by atoms with E-state index in [2.05, 4.69) is 54.2 Å². The fraction of sp³-hybridized carbons (Fsp3) is 0.965. The second kappa shape index (κ2) is 51.4. The van der Waals surface area contributed by atoms with Crippen LogP contribution in [0, 0.1) is 5.92 Å². The average molecular weight is 906 g/mol. The Labute approximate surface area is 402 Å². The first-order chi connectivity index (χ1) is 31.5. The molecule has 0 aromatic rings. The molecular weight excluding hydrogens is 789 g/mol. The van der Waals surface area contributed by atoms with E-state index in [4.69, 9.17) is 4.74 Å². The minimum absolute atomic E-state index is 0.351. The van der Waals surface area contributed by atoms with E-state index in [-0.39, 0.29) is 0 Å². The number of hydrogen-bond acceptors (Lipinski definition) is 6. The molecule has 64 heavy (non-hydrogen) atoms. The maximum Gasteiger partial charge on any atom is 0.236 e. The van der Waals surface area contributed by atoms with E-state index in [9.17, 15) is 9.59 Å². The number of piperidine rings is 1. The zero-order valence-electron chi connectivity index (χ0n) is 44.6. The standard InChI is InChI=1S/C38H77N3O2.C19H39NO/c1-5-8-11-14-17-20-23-28-39(29-24-21-18-15-12-9-6-2)33-34-40(30-25-22-19-16-13-10-7-3)35-38(42)41-31-26-37(27-32-41)36-43-4;1-3-5-7-9-11-13-15-17-20(18-19-21)16-14-12-10-8-6-4-2/h37H,5-36H2,1-4H3;19H,3-18H2,1-2H3. The van der Waals surface area contributed by atoms with Crippen molar-refractivity contribution in [3.63, 3.8) is 0 Å². The van der Waals surface area contributed by atoms with Gasteiger partial charge in [0, 0.05) is 39.9 Å². The van der Waals surface area contributed by atoms with Crippen LogP contribution in [0.15, 0.2) is 0 Å². The molecule has 0 aliphatic carbocycles. The first-order valence-corrected chi connectivity index (χ1v) is 28.9. The number of nitrogens with zero attached hydrogens (tertiary/aromatic N) is 4. The van der Waals surface area contributed by atoms with Crippen LogP contribution in [0.3, 0.4) is 0 Å². The number of carbonyl (C=O) groups is 2. The Balaban J connectivity index is 0.00000158. The highest BCUT2D eigenvalue weighted by molar-refractivity contribution is 5.78. The molecule has 7 heteroatoms. The maximum absolute atomic E-state index is 13.4. The van der Waals surface area contributed by atoms with Crippen LogP contribution in [0.5, 0.6) is 0 Å². The molecule has 1 amide bonds. The molecule has 0 bridgehead atoms. The van der Waals surface area contributed by atoms with Crippen LogP contribution in [0.25, 0.3) is 0 Å². The highest BCUT2D eigenvalue weighted by Crippen LogP contribution is 2.18. The molecule has 0 unspecified atom stereocenters. The number of rotatable bonds is 48. The lowest BCUT2D eigenvalue weighted by Gasteiger charge is -2.34. The molecule has 0 aromatic heterocycles. The predicted molar refractivity (Wildman–Crippen MR) is 282 cm³/mol. The molecule has 382 valence electrons. The van der Waals surface area contributed by atoms with Gasteiger partial charge in [0.05, 0.1) is 13.1 Å². The third kappa shape index (κ3) is 42.3. The average Bonchev–Trinajstić information content (AvgIpc) is 3.30. The topological polar surface area (TPSA) is 56.3 Å². The molecule has 0 radical (unpaired) electrons. The SMILES string of the molecule is CCCCCCCCCN(CC=O)CCCCCCCC.CCCCCCCCCN(CCCCCCCCC)CCN(CCCCCCCCC)CC(=O)N1CCC(COC)CC1. The lowest BCUT2D eigenvalue weighted by Crippen LogP contribution is -2.46. The highest BCUT2D eigenvalue weighted by Gasteiger charge is 2.24. The molecule has 0 aromatic carbocycles. The summed E-state index contributed by atoms with van der Waals surface area (Å²) < 4.78 is 5.38. The minimum Gasteiger partial charge on any atom is -0.384 e. The first-order valence-electron chi connectivity index (χ1n) is 28.9. The quantitative estimate of drug-likeness (QED) is 0.0448. The second-order valence-corrected chi connectivity index (χ2v) is 20.1. The molecule has 1 rings (SSSR count). The third-order valence-corrected chi connectivity index (χ3v) is 13.9. The monoisotopic (exact) mass is 905 g/mol. The Morgan fingerprint density at radius 1 is 0.438 bits per heavy atom. The van der Waals surface area contributed by atoms with Crippen molar-refractivity contribution in [2.45, 2.75) is 266 Å². The Bertz CT molecular complexity index is 910. The van der Waals surface area contributed by atoms with Gasteiger partial charge in [-0.05, 0) is 83.6 Å². The fourth-order valence-corrected chi connectivity index (χ4v) is 9.45. The van der Waals surface area contributed by atoms with Gasteiger partial charge in [0.25, 0.3) is 0 Å². The van der Waals surface area contributed by atoms with Crippen LogP contribution < -0.4 is 0 Å². The summed E-state index contributed by atoms with van der Waals surface area (Å²) in [7, 11) is 1.80. The smallest absolute Gasteiger partial charge is 0.236 e. The Kier molecular flexibility index (Phi) is 50.6. The van der Waals surface area contributed by atoms with Crippen LogP contribution >= 0.6 is 0 Å². The molecule has 1 heterocycles. The number of hydrogen-bond donors (Lipinski definition) is 0. The molecule has 1 aliphatic heterocycles. The van der Waals surface area contributed by atoms with Crippen molar-refractivity contribution in [2.24, 2.45) is 5.92 Å². The van der Waals surface area contributed by atoms with Crippen molar-refractivity contribution in [1.29, 1.82) is 0 Å². The Morgan fingerprint density at radius 2 is 0.734 bits per heavy atom. The van der Waals surface area contributed by atoms with Crippen LogP contribution in [-0.4, -0.2) is 118 Å². The summed E-state index contributed by atoms with van der Waals surface area (Å²) in [5.74, 6) is 0.967. The van der Waals surface area contributed by atoms with E-state index < -0.39 is 0 Å². The number of methoxy groups -OCH3 is 1. The van der Waals surface area contributed by atoms with Crippen LogP contribution in [0.2, 0.25) is 0 Å². The molecule has 1 saturated heterocycles. The zero-order valence-corrected chi connectivity index (χ0v) is 44.6. The summed E-state index contributed by atoms with van der Waals surface area (Å²) in [6.07, 6.45) is 49.3. The second-order valence-electron chi connectivity index (χ2n) is 20.1. The van der Waals surface area contributed by atoms with Gasteiger partial charge in [-0.25, -0.2) is 0 Å². The molecule has 0 atom stereocenters. The van der Waals surface area contributed by atoms with E-state index in [0.29, 0.717) is 24.9 Å². The summed E-state index contributed by atoms with van der Waals surface area (Å²) in [5, 5.41) is 0. The van der Waals surface area contributed by atoms with Crippen molar-refractivity contribution in [3.05, 3.63) is 0 Å². The molecule has 1 fully saturated rings. The van der Waals surface area contributed by atoms with Crippen molar-refractivity contribution in [1.82, 2.24) is 19.6 Å². The zero-order chi connectivity index (χ0) is 46.8. The molecule has 0 N–H and O–H groups in total. The molecule has 0 spiro atoms. The number of likely N-dealkylation sites (tertiary alicyclic amines) is 1. The summed E-state index contributed by atoms with van der Waals surface area (Å²) in [5.41, 5.74) is 0. The number of carbonyl (C=O) groups excluding carboxylic acids is 2. The van der Waals surface area contributed by atoms with Gasteiger partial charge in [0.15, 0.2) is 0 Å². The van der Waals surface area contributed by atoms with Gasteiger partial charge in [-0.1, -0.05) is 221 Å². The lowest BCUT2D eigenvalue weighted by atomic mass is 9.98. The van der Waals surface area contributed by atoms with Gasteiger partial charge in [0.1, 0.15) is 6.29 Å². The van der Waals surface area contributed by atoms with Gasteiger partial charge in [-0.3, -0.25) is 14.6 Å². The van der Waals surface area contributed by atoms with E-state index >= 15 is 0 Å². The van der Waals surface area contributed by atoms with Crippen molar-refractivity contribution >= 4 is 12.2 Å². The van der Waals surface area contributed by atoms with Crippen molar-refractivity contribution in [2.75, 3.05) is 85.7 Å². The van der Waals surface area contributed by atoms with Crippen molar-refractivity contribution < 1.29 is 14.3 Å². The molecule has 0 saturated carbocycles. The molecule has 1 aliphatic rings. The fourth-order valence-electron chi connectivity index (χ4n) is 9.45. The van der Waals surface area contributed by atoms with Gasteiger partial charge in [0.2, 0.25) is 5.91 Å². The largest absolute Gasteiger partial charge is 0.384 e. The van der Waals surface area contributed by atoms with E-state index in [1.165, 1.54) is 231 Å². The summed E-state index contributed by atoms with van der Waals surface area (Å²) >= 11 is 0. The van der Waals surface area contributed by atoms with Gasteiger partial charge in [-0.15, -0.1) is 0 Å². The van der Waals surface area contributed by atoms with E-state index in [0.717, 1.165) is 71.5 Å². The number of amides is 1. The Hall–Kier alpha value is -1.02. The summed E-state index contributed by atoms with van der Waals surface area (Å²) in [6, 6.07) is 0. The number of aldehydes is 1. The van der Waals surface area contributed by atoms with E-state index in [1.54, 1.807) is 7.11 Å².